The lowest BCUT2D eigenvalue weighted by molar-refractivity contribution is 0.148. The number of hydrogen-bond acceptors (Lipinski definition) is 5. The van der Waals surface area contributed by atoms with Crippen LogP contribution < -0.4 is 5.32 Å². The van der Waals surface area contributed by atoms with Crippen molar-refractivity contribution in [2.45, 2.75) is 26.4 Å². The number of halogens is 1. The Morgan fingerprint density at radius 1 is 1.14 bits per heavy atom. The van der Waals surface area contributed by atoms with Gasteiger partial charge in [-0.2, -0.15) is 0 Å². The van der Waals surface area contributed by atoms with Gasteiger partial charge in [0.2, 0.25) is 0 Å². The van der Waals surface area contributed by atoms with Gasteiger partial charge in [0.1, 0.15) is 11.6 Å². The van der Waals surface area contributed by atoms with E-state index < -0.39 is 12.3 Å². The number of para-hydroxylation sites is 1. The van der Waals surface area contributed by atoms with Gasteiger partial charge >= 0.3 is 6.09 Å². The van der Waals surface area contributed by atoms with Crippen molar-refractivity contribution < 1.29 is 13.9 Å². The summed E-state index contributed by atoms with van der Waals surface area (Å²) in [6, 6.07) is 13.8. The van der Waals surface area contributed by atoms with E-state index in [1.54, 1.807) is 19.1 Å². The highest BCUT2D eigenvalue weighted by Crippen LogP contribution is 2.30. The normalized spacial score (nSPS) is 15.0. The Kier molecular flexibility index (Phi) is 5.07. The van der Waals surface area contributed by atoms with Crippen molar-refractivity contribution >= 4 is 11.8 Å². The predicted molar refractivity (Wildman–Crippen MR) is 106 cm³/mol. The Hall–Kier alpha value is -3.55. The standard InChI is InChI=1S/C21H20FN5O2/c1-3-17-25-26-20-19(24-21(28)29-4-2)23-18(13-9-11-14(22)12-10-13)15-7-5-6-8-16(15)27(17)20/h5-12,19H,3-4H2,1-2H3,(H,24,28). The molecule has 8 heteroatoms. The minimum absolute atomic E-state index is 0.236. The lowest BCUT2D eigenvalue weighted by atomic mass is 10.0. The fraction of sp³-hybridized carbons (Fsp3) is 0.238. The summed E-state index contributed by atoms with van der Waals surface area (Å²) >= 11 is 0. The van der Waals surface area contributed by atoms with Gasteiger partial charge in [-0.25, -0.2) is 9.18 Å². The lowest BCUT2D eigenvalue weighted by Crippen LogP contribution is -2.30. The maximum Gasteiger partial charge on any atom is 0.409 e. The molecule has 1 atom stereocenters. The van der Waals surface area contributed by atoms with Crippen molar-refractivity contribution in [3.63, 3.8) is 0 Å². The van der Waals surface area contributed by atoms with Crippen LogP contribution in [0.3, 0.4) is 0 Å². The second-order valence-electron chi connectivity index (χ2n) is 6.43. The molecule has 3 aromatic rings. The Bertz CT molecular complexity index is 1070. The Morgan fingerprint density at radius 2 is 1.90 bits per heavy atom. The summed E-state index contributed by atoms with van der Waals surface area (Å²) in [5, 5.41) is 11.3. The van der Waals surface area contributed by atoms with Gasteiger partial charge < -0.3 is 4.74 Å². The molecule has 29 heavy (non-hydrogen) atoms. The van der Waals surface area contributed by atoms with Crippen LogP contribution in [0.5, 0.6) is 0 Å². The number of hydrogen-bond donors (Lipinski definition) is 1. The highest BCUT2D eigenvalue weighted by atomic mass is 19.1. The van der Waals surface area contributed by atoms with E-state index in [2.05, 4.69) is 15.5 Å². The summed E-state index contributed by atoms with van der Waals surface area (Å²) in [5.41, 5.74) is 3.03. The Balaban J connectivity index is 1.93. The minimum atomic E-state index is -0.811. The number of benzene rings is 2. The fourth-order valence-corrected chi connectivity index (χ4v) is 3.34. The monoisotopic (exact) mass is 393 g/mol. The summed E-state index contributed by atoms with van der Waals surface area (Å²) in [7, 11) is 0. The molecule has 2 aromatic carbocycles. The Labute approximate surface area is 167 Å². The lowest BCUT2D eigenvalue weighted by Gasteiger charge is -2.14. The van der Waals surface area contributed by atoms with Crippen molar-refractivity contribution in [2.75, 3.05) is 6.61 Å². The molecule has 1 aromatic heterocycles. The van der Waals surface area contributed by atoms with Crippen LogP contribution in [0.1, 0.15) is 42.8 Å². The summed E-state index contributed by atoms with van der Waals surface area (Å²) in [6.07, 6.45) is -0.758. The maximum absolute atomic E-state index is 13.5. The summed E-state index contributed by atoms with van der Waals surface area (Å²) in [6.45, 7) is 3.95. The second-order valence-corrected chi connectivity index (χ2v) is 6.43. The first-order valence-corrected chi connectivity index (χ1v) is 9.43. The molecule has 1 aliphatic heterocycles. The van der Waals surface area contributed by atoms with Crippen LogP contribution in [-0.4, -0.2) is 33.2 Å². The number of aryl methyl sites for hydroxylation is 1. The van der Waals surface area contributed by atoms with E-state index in [1.807, 2.05) is 35.8 Å². The van der Waals surface area contributed by atoms with Gasteiger partial charge in [-0.3, -0.25) is 14.9 Å². The first kappa shape index (κ1) is 18.8. The number of carbonyl (C=O) groups is 1. The minimum Gasteiger partial charge on any atom is -0.450 e. The molecule has 1 N–H and O–H groups in total. The molecular formula is C21H20FN5O2. The molecule has 1 amide bonds. The van der Waals surface area contributed by atoms with E-state index in [4.69, 9.17) is 9.73 Å². The predicted octanol–water partition coefficient (Wildman–Crippen LogP) is 3.56. The first-order valence-electron chi connectivity index (χ1n) is 9.43. The molecule has 0 radical (unpaired) electrons. The van der Waals surface area contributed by atoms with Crippen LogP contribution in [0, 0.1) is 5.82 Å². The van der Waals surface area contributed by atoms with Crippen molar-refractivity contribution in [1.29, 1.82) is 0 Å². The zero-order chi connectivity index (χ0) is 20.4. The molecule has 0 saturated carbocycles. The zero-order valence-corrected chi connectivity index (χ0v) is 16.1. The van der Waals surface area contributed by atoms with Crippen LogP contribution in [0.2, 0.25) is 0 Å². The summed E-state index contributed by atoms with van der Waals surface area (Å²) < 4.78 is 20.4. The number of aromatic nitrogens is 3. The molecule has 0 spiro atoms. The molecule has 148 valence electrons. The van der Waals surface area contributed by atoms with Gasteiger partial charge in [-0.15, -0.1) is 10.2 Å². The van der Waals surface area contributed by atoms with Gasteiger partial charge in [-0.05, 0) is 37.3 Å². The number of nitrogens with one attached hydrogen (secondary N) is 1. The summed E-state index contributed by atoms with van der Waals surface area (Å²) in [5.74, 6) is 0.904. The van der Waals surface area contributed by atoms with E-state index in [1.165, 1.54) is 12.1 Å². The Morgan fingerprint density at radius 3 is 2.62 bits per heavy atom. The number of fused-ring (bicyclic) bond motifs is 3. The van der Waals surface area contributed by atoms with Gasteiger partial charge in [-0.1, -0.05) is 25.1 Å². The van der Waals surface area contributed by atoms with Crippen molar-refractivity contribution in [2.24, 2.45) is 4.99 Å². The number of carbonyl (C=O) groups excluding carboxylic acids is 1. The third-order valence-electron chi connectivity index (χ3n) is 4.62. The van der Waals surface area contributed by atoms with E-state index in [0.29, 0.717) is 18.0 Å². The largest absolute Gasteiger partial charge is 0.450 e. The van der Waals surface area contributed by atoms with Gasteiger partial charge in [0.15, 0.2) is 12.0 Å². The van der Waals surface area contributed by atoms with Crippen LogP contribution in [0.25, 0.3) is 5.69 Å². The van der Waals surface area contributed by atoms with Crippen LogP contribution >= 0.6 is 0 Å². The molecule has 4 rings (SSSR count). The highest BCUT2D eigenvalue weighted by Gasteiger charge is 2.29. The number of ether oxygens (including phenoxy) is 1. The van der Waals surface area contributed by atoms with E-state index in [9.17, 15) is 9.18 Å². The zero-order valence-electron chi connectivity index (χ0n) is 16.1. The average molecular weight is 393 g/mol. The molecule has 7 nitrogen and oxygen atoms in total. The SMILES string of the molecule is CCOC(=O)NC1N=C(c2ccc(F)cc2)c2ccccc2-n2c(CC)nnc21. The summed E-state index contributed by atoms with van der Waals surface area (Å²) in [4.78, 5) is 16.9. The molecule has 0 aliphatic carbocycles. The second kappa shape index (κ2) is 7.83. The maximum atomic E-state index is 13.5. The quantitative estimate of drug-likeness (QED) is 0.735. The number of alkyl carbamates (subject to hydrolysis) is 1. The molecular weight excluding hydrogens is 373 g/mol. The van der Waals surface area contributed by atoms with Crippen molar-refractivity contribution in [3.05, 3.63) is 77.1 Å². The van der Waals surface area contributed by atoms with E-state index in [0.717, 1.165) is 22.6 Å². The van der Waals surface area contributed by atoms with Crippen LogP contribution in [0.4, 0.5) is 9.18 Å². The number of aliphatic imine (C=N–C) groups is 1. The van der Waals surface area contributed by atoms with Gasteiger partial charge in [0.25, 0.3) is 0 Å². The molecule has 1 aliphatic rings. The number of rotatable bonds is 4. The third-order valence-corrected chi connectivity index (χ3v) is 4.62. The molecule has 0 fully saturated rings. The van der Waals surface area contributed by atoms with Crippen LogP contribution in [-0.2, 0) is 11.2 Å². The topological polar surface area (TPSA) is 81.4 Å². The van der Waals surface area contributed by atoms with Crippen molar-refractivity contribution in [1.82, 2.24) is 20.1 Å². The molecule has 1 unspecified atom stereocenters. The number of nitrogens with zero attached hydrogens (tertiary/aromatic N) is 4. The van der Waals surface area contributed by atoms with Crippen molar-refractivity contribution in [3.8, 4) is 5.69 Å². The number of amides is 1. The third kappa shape index (κ3) is 3.49. The smallest absolute Gasteiger partial charge is 0.409 e. The highest BCUT2D eigenvalue weighted by molar-refractivity contribution is 6.15. The molecule has 0 saturated heterocycles. The first-order chi connectivity index (χ1) is 14.1. The molecule has 0 bridgehead atoms. The van der Waals surface area contributed by atoms with E-state index in [-0.39, 0.29) is 12.4 Å². The van der Waals surface area contributed by atoms with E-state index >= 15 is 0 Å². The van der Waals surface area contributed by atoms with Gasteiger partial charge in [0, 0.05) is 17.5 Å². The molecule has 2 heterocycles. The fourth-order valence-electron chi connectivity index (χ4n) is 3.34. The average Bonchev–Trinajstić information content (AvgIpc) is 3.11. The van der Waals surface area contributed by atoms with Crippen LogP contribution in [0.15, 0.2) is 53.5 Å². The van der Waals surface area contributed by atoms with Gasteiger partial charge in [0.05, 0.1) is 18.0 Å².